The average Bonchev–Trinajstić information content (AvgIpc) is 2.80. The summed E-state index contributed by atoms with van der Waals surface area (Å²) in [4.78, 5) is 23.2. The number of hydrogen-bond acceptors (Lipinski definition) is 6. The third-order valence-electron chi connectivity index (χ3n) is 2.84. The van der Waals surface area contributed by atoms with E-state index in [4.69, 9.17) is 16.7 Å². The first kappa shape index (κ1) is 17.1. The van der Waals surface area contributed by atoms with E-state index < -0.39 is 23.1 Å². The zero-order valence-electron chi connectivity index (χ0n) is 12.1. The van der Waals surface area contributed by atoms with Crippen LogP contribution in [0.25, 0.3) is 0 Å². The smallest absolute Gasteiger partial charge is 0.337 e. The van der Waals surface area contributed by atoms with Crippen molar-refractivity contribution in [3.63, 3.8) is 0 Å². The van der Waals surface area contributed by atoms with Gasteiger partial charge >= 0.3 is 5.97 Å². The van der Waals surface area contributed by atoms with Crippen molar-refractivity contribution >= 4 is 40.9 Å². The number of aromatic nitrogens is 2. The van der Waals surface area contributed by atoms with Crippen molar-refractivity contribution in [2.75, 3.05) is 5.32 Å². The molecule has 2 rings (SSSR count). The first-order valence-corrected chi connectivity index (χ1v) is 7.58. The Morgan fingerprint density at radius 2 is 2.22 bits per heavy atom. The van der Waals surface area contributed by atoms with Gasteiger partial charge in [-0.25, -0.2) is 4.79 Å². The van der Waals surface area contributed by atoms with Gasteiger partial charge in [0.25, 0.3) is 5.03 Å². The molecule has 0 fully saturated rings. The quantitative estimate of drug-likeness (QED) is 0.606. The van der Waals surface area contributed by atoms with Gasteiger partial charge in [0.2, 0.25) is 5.91 Å². The van der Waals surface area contributed by atoms with Gasteiger partial charge in [0.05, 0.1) is 21.1 Å². The molecule has 2 N–H and O–H groups in total. The number of carbonyl (C=O) groups excluding carboxylic acids is 1. The van der Waals surface area contributed by atoms with Crippen molar-refractivity contribution in [1.82, 2.24) is 5.27 Å². The number of thioether (sulfide) groups is 1. The molecule has 0 saturated heterocycles. The van der Waals surface area contributed by atoms with Gasteiger partial charge in [-0.2, -0.15) is 0 Å². The summed E-state index contributed by atoms with van der Waals surface area (Å²) < 4.78 is 5.71. The summed E-state index contributed by atoms with van der Waals surface area (Å²) in [6, 6.07) is 4.13. The Labute approximate surface area is 140 Å². The van der Waals surface area contributed by atoms with Gasteiger partial charge in [0.15, 0.2) is 13.0 Å². The van der Waals surface area contributed by atoms with E-state index in [0.29, 0.717) is 5.69 Å². The van der Waals surface area contributed by atoms with Crippen LogP contribution < -0.4 is 15.1 Å². The molecule has 23 heavy (non-hydrogen) atoms. The van der Waals surface area contributed by atoms with E-state index in [9.17, 15) is 14.7 Å². The summed E-state index contributed by atoms with van der Waals surface area (Å²) in [5.41, 5.74) is 0.179. The first-order chi connectivity index (χ1) is 10.8. The summed E-state index contributed by atoms with van der Waals surface area (Å²) >= 11 is 6.75. The van der Waals surface area contributed by atoms with Crippen molar-refractivity contribution in [2.45, 2.75) is 17.2 Å². The van der Waals surface area contributed by atoms with Crippen molar-refractivity contribution < 1.29 is 29.0 Å². The molecule has 1 heterocycles. The normalized spacial score (nSPS) is 12.0. The highest BCUT2D eigenvalue weighted by atomic mass is 35.5. The fraction of sp³-hybridized carbons (Fsp3) is 0.231. The van der Waals surface area contributed by atoms with E-state index >= 15 is 0 Å². The molecule has 10 heteroatoms. The Balaban J connectivity index is 2.10. The molecule has 0 aliphatic carbocycles. The molecule has 8 nitrogen and oxygen atoms in total. The van der Waals surface area contributed by atoms with Crippen LogP contribution in [0.2, 0.25) is 5.02 Å². The van der Waals surface area contributed by atoms with Crippen LogP contribution in [-0.2, 0) is 11.8 Å². The third-order valence-corrected chi connectivity index (χ3v) is 4.39. The van der Waals surface area contributed by atoms with Crippen LogP contribution >= 0.6 is 23.4 Å². The second-order valence-corrected chi connectivity index (χ2v) is 6.27. The van der Waals surface area contributed by atoms with Crippen molar-refractivity contribution in [3.05, 3.63) is 28.8 Å². The van der Waals surface area contributed by atoms with Crippen LogP contribution in [0, 0.1) is 0 Å². The lowest BCUT2D eigenvalue weighted by Crippen LogP contribution is -2.33. The zero-order valence-corrected chi connectivity index (χ0v) is 13.6. The molecule has 1 unspecified atom stereocenters. The van der Waals surface area contributed by atoms with Gasteiger partial charge < -0.3 is 20.1 Å². The number of carboxylic acid groups (broad SMARTS) is 1. The number of carboxylic acids is 1. The largest absolute Gasteiger partial charge is 0.538 e. The van der Waals surface area contributed by atoms with Gasteiger partial charge in [0, 0.05) is 5.69 Å². The standard InChI is InChI=1S/C13H12ClN3O5S/c1-6(23-11-13(21)22-16-17(11)2)10(18)15-7-3-4-9(14)8(5-7)12(19)20/h3-6H,1-2H3,(H2-,15,16,18,19,20,21). The summed E-state index contributed by atoms with van der Waals surface area (Å²) in [5, 5.41) is 26.1. The lowest BCUT2D eigenvalue weighted by molar-refractivity contribution is -0.772. The Bertz CT molecular complexity index is 745. The average molecular weight is 358 g/mol. The minimum Gasteiger partial charge on any atom is -0.538 e. The number of anilines is 1. The van der Waals surface area contributed by atoms with Crippen molar-refractivity contribution in [3.8, 4) is 5.95 Å². The predicted octanol–water partition coefficient (Wildman–Crippen LogP) is 1.04. The molecule has 2 aromatic rings. The van der Waals surface area contributed by atoms with Crippen LogP contribution in [0.5, 0.6) is 5.95 Å². The highest BCUT2D eigenvalue weighted by molar-refractivity contribution is 8.00. The van der Waals surface area contributed by atoms with Gasteiger partial charge in [-0.05, 0) is 36.9 Å². The molecule has 0 radical (unpaired) electrons. The van der Waals surface area contributed by atoms with E-state index in [-0.39, 0.29) is 15.6 Å². The zero-order chi connectivity index (χ0) is 17.1. The fourth-order valence-corrected chi connectivity index (χ4v) is 2.68. The van der Waals surface area contributed by atoms with Crippen LogP contribution in [0.4, 0.5) is 5.69 Å². The van der Waals surface area contributed by atoms with Crippen LogP contribution in [0.15, 0.2) is 27.7 Å². The SMILES string of the molecule is CC(Sc1c([O-])on[n+]1C)C(=O)Nc1ccc(Cl)c(C(=O)O)c1. The van der Waals surface area contributed by atoms with Gasteiger partial charge in [-0.1, -0.05) is 16.3 Å². The topological polar surface area (TPSA) is 119 Å². The number of aromatic carboxylic acids is 1. The number of carbonyl (C=O) groups is 2. The van der Waals surface area contributed by atoms with E-state index in [1.54, 1.807) is 6.92 Å². The molecule has 122 valence electrons. The summed E-state index contributed by atoms with van der Waals surface area (Å²) in [7, 11) is 1.52. The summed E-state index contributed by atoms with van der Waals surface area (Å²) in [6.07, 6.45) is 0. The molecule has 1 amide bonds. The minimum absolute atomic E-state index is 0.0745. The lowest BCUT2D eigenvalue weighted by Gasteiger charge is -2.11. The van der Waals surface area contributed by atoms with E-state index in [1.807, 2.05) is 0 Å². The van der Waals surface area contributed by atoms with Crippen LogP contribution in [-0.4, -0.2) is 27.5 Å². The molecular formula is C13H12ClN3O5S. The Morgan fingerprint density at radius 1 is 1.52 bits per heavy atom. The Hall–Kier alpha value is -2.26. The third kappa shape index (κ3) is 3.93. The highest BCUT2D eigenvalue weighted by Gasteiger charge is 2.23. The maximum Gasteiger partial charge on any atom is 0.337 e. The maximum atomic E-state index is 12.2. The first-order valence-electron chi connectivity index (χ1n) is 6.33. The molecule has 0 bridgehead atoms. The molecule has 0 saturated carbocycles. The Morgan fingerprint density at radius 3 is 2.78 bits per heavy atom. The van der Waals surface area contributed by atoms with E-state index in [0.717, 1.165) is 11.8 Å². The van der Waals surface area contributed by atoms with Crippen molar-refractivity contribution in [2.24, 2.45) is 7.05 Å². The summed E-state index contributed by atoms with van der Waals surface area (Å²) in [5.74, 6) is -2.23. The molecular weight excluding hydrogens is 346 g/mol. The fourth-order valence-electron chi connectivity index (χ4n) is 1.66. The molecule has 1 aromatic heterocycles. The summed E-state index contributed by atoms with van der Waals surface area (Å²) in [6.45, 7) is 1.60. The number of amides is 1. The number of rotatable bonds is 5. The maximum absolute atomic E-state index is 12.2. The molecule has 0 aliphatic heterocycles. The number of hydrogen-bond donors (Lipinski definition) is 2. The minimum atomic E-state index is -1.19. The molecule has 0 spiro atoms. The molecule has 0 aliphatic rings. The number of aryl methyl sites for hydroxylation is 1. The second kappa shape index (κ2) is 6.88. The van der Waals surface area contributed by atoms with Crippen molar-refractivity contribution in [1.29, 1.82) is 0 Å². The van der Waals surface area contributed by atoms with Crippen LogP contribution in [0.1, 0.15) is 17.3 Å². The molecule has 1 atom stereocenters. The number of nitrogens with one attached hydrogen (secondary N) is 1. The van der Waals surface area contributed by atoms with E-state index in [2.05, 4.69) is 15.1 Å². The number of benzene rings is 1. The van der Waals surface area contributed by atoms with E-state index in [1.165, 1.54) is 29.9 Å². The Kier molecular flexibility index (Phi) is 5.12. The highest BCUT2D eigenvalue weighted by Crippen LogP contribution is 2.27. The van der Waals surface area contributed by atoms with Gasteiger partial charge in [0.1, 0.15) is 0 Å². The number of halogens is 1. The predicted molar refractivity (Wildman–Crippen MR) is 79.5 cm³/mol. The molecule has 1 aromatic carbocycles. The number of nitrogens with zero attached hydrogens (tertiary/aromatic N) is 2. The monoisotopic (exact) mass is 357 g/mol. The van der Waals surface area contributed by atoms with Gasteiger partial charge in [-0.3, -0.25) is 4.79 Å². The van der Waals surface area contributed by atoms with Gasteiger partial charge in [-0.15, -0.1) is 0 Å². The second-order valence-electron chi connectivity index (χ2n) is 4.54. The lowest BCUT2D eigenvalue weighted by atomic mass is 10.2. The van der Waals surface area contributed by atoms with Crippen LogP contribution in [0.3, 0.4) is 0 Å².